The molecular formula is C15H19BrO2. The average Bonchev–Trinajstić information content (AvgIpc) is 2.77. The van der Waals surface area contributed by atoms with Gasteiger partial charge in [0.15, 0.2) is 5.78 Å². The molecule has 18 heavy (non-hydrogen) atoms. The third kappa shape index (κ3) is 2.61. The third-order valence-corrected chi connectivity index (χ3v) is 4.41. The maximum atomic E-state index is 12.6. The van der Waals surface area contributed by atoms with Crippen molar-refractivity contribution in [3.05, 3.63) is 28.2 Å². The van der Waals surface area contributed by atoms with Gasteiger partial charge in [0, 0.05) is 15.5 Å². The van der Waals surface area contributed by atoms with Crippen LogP contribution in [0, 0.1) is 5.41 Å². The van der Waals surface area contributed by atoms with Gasteiger partial charge in [-0.1, -0.05) is 19.8 Å². The van der Waals surface area contributed by atoms with E-state index >= 15 is 0 Å². The highest BCUT2D eigenvalue weighted by Crippen LogP contribution is 2.41. The van der Waals surface area contributed by atoms with E-state index in [1.807, 2.05) is 25.1 Å². The molecule has 1 aromatic rings. The van der Waals surface area contributed by atoms with Crippen molar-refractivity contribution < 1.29 is 9.53 Å². The lowest BCUT2D eigenvalue weighted by Crippen LogP contribution is -2.24. The number of halogens is 1. The van der Waals surface area contributed by atoms with Crippen LogP contribution in [-0.2, 0) is 0 Å². The Morgan fingerprint density at radius 2 is 2.06 bits per heavy atom. The van der Waals surface area contributed by atoms with Crippen LogP contribution < -0.4 is 4.74 Å². The monoisotopic (exact) mass is 310 g/mol. The molecule has 0 amide bonds. The third-order valence-electron chi connectivity index (χ3n) is 3.75. The molecule has 1 aromatic carbocycles. The topological polar surface area (TPSA) is 26.3 Å². The number of rotatable bonds is 4. The van der Waals surface area contributed by atoms with Crippen molar-refractivity contribution in [1.82, 2.24) is 0 Å². The standard InChI is InChI=1S/C15H19BrO2/c1-3-18-11-6-7-12(13(16)10-11)14(17)15(2)8-4-5-9-15/h6-7,10H,3-5,8-9H2,1-2H3. The van der Waals surface area contributed by atoms with Gasteiger partial charge < -0.3 is 4.74 Å². The van der Waals surface area contributed by atoms with E-state index in [9.17, 15) is 4.79 Å². The second kappa shape index (κ2) is 5.43. The van der Waals surface area contributed by atoms with Gasteiger partial charge in [-0.2, -0.15) is 0 Å². The number of hydrogen-bond donors (Lipinski definition) is 0. The van der Waals surface area contributed by atoms with Gasteiger partial charge in [-0.05, 0) is 53.9 Å². The van der Waals surface area contributed by atoms with Gasteiger partial charge in [0.05, 0.1) is 6.61 Å². The molecule has 0 bridgehead atoms. The van der Waals surface area contributed by atoms with Gasteiger partial charge >= 0.3 is 0 Å². The highest BCUT2D eigenvalue weighted by Gasteiger charge is 2.37. The number of Topliss-reactive ketones (excluding diaryl/α,β-unsaturated/α-hetero) is 1. The van der Waals surface area contributed by atoms with Crippen molar-refractivity contribution in [1.29, 1.82) is 0 Å². The number of ketones is 1. The summed E-state index contributed by atoms with van der Waals surface area (Å²) >= 11 is 3.49. The van der Waals surface area contributed by atoms with E-state index in [1.54, 1.807) is 0 Å². The average molecular weight is 311 g/mol. The largest absolute Gasteiger partial charge is 0.494 e. The molecule has 1 aliphatic rings. The summed E-state index contributed by atoms with van der Waals surface area (Å²) in [7, 11) is 0. The van der Waals surface area contributed by atoms with Crippen LogP contribution in [0.2, 0.25) is 0 Å². The summed E-state index contributed by atoms with van der Waals surface area (Å²) in [5.41, 5.74) is 0.609. The van der Waals surface area contributed by atoms with Crippen molar-refractivity contribution in [2.24, 2.45) is 5.41 Å². The molecule has 0 aliphatic heterocycles. The SMILES string of the molecule is CCOc1ccc(C(=O)C2(C)CCCC2)c(Br)c1. The fourth-order valence-electron chi connectivity index (χ4n) is 2.64. The highest BCUT2D eigenvalue weighted by atomic mass is 79.9. The van der Waals surface area contributed by atoms with Gasteiger partial charge in [-0.3, -0.25) is 4.79 Å². The van der Waals surface area contributed by atoms with Crippen LogP contribution in [0.5, 0.6) is 5.75 Å². The van der Waals surface area contributed by atoms with E-state index in [0.29, 0.717) is 6.61 Å². The van der Waals surface area contributed by atoms with Crippen molar-refractivity contribution in [3.63, 3.8) is 0 Å². The Labute approximate surface area is 117 Å². The smallest absolute Gasteiger partial charge is 0.169 e. The predicted molar refractivity (Wildman–Crippen MR) is 76.2 cm³/mol. The number of carbonyl (C=O) groups is 1. The fourth-order valence-corrected chi connectivity index (χ4v) is 3.18. The maximum absolute atomic E-state index is 12.6. The Balaban J connectivity index is 2.25. The highest BCUT2D eigenvalue weighted by molar-refractivity contribution is 9.10. The first-order chi connectivity index (χ1) is 8.57. The van der Waals surface area contributed by atoms with Crippen molar-refractivity contribution in [2.75, 3.05) is 6.61 Å². The second-order valence-corrected chi connectivity index (χ2v) is 6.03. The van der Waals surface area contributed by atoms with Crippen molar-refractivity contribution in [3.8, 4) is 5.75 Å². The molecule has 2 rings (SSSR count). The minimum Gasteiger partial charge on any atom is -0.494 e. The lowest BCUT2D eigenvalue weighted by atomic mass is 9.81. The first kappa shape index (κ1) is 13.6. The molecule has 0 aromatic heterocycles. The molecule has 0 N–H and O–H groups in total. The van der Waals surface area contributed by atoms with Gasteiger partial charge in [0.1, 0.15) is 5.75 Å². The number of ether oxygens (including phenoxy) is 1. The molecule has 0 unspecified atom stereocenters. The molecule has 0 saturated heterocycles. The predicted octanol–water partition coefficient (Wildman–Crippen LogP) is 4.61. The van der Waals surface area contributed by atoms with E-state index in [1.165, 1.54) is 0 Å². The van der Waals surface area contributed by atoms with Crippen molar-refractivity contribution >= 4 is 21.7 Å². The molecule has 3 heteroatoms. The van der Waals surface area contributed by atoms with Crippen LogP contribution in [0.3, 0.4) is 0 Å². The van der Waals surface area contributed by atoms with E-state index in [-0.39, 0.29) is 11.2 Å². The van der Waals surface area contributed by atoms with E-state index in [2.05, 4.69) is 22.9 Å². The van der Waals surface area contributed by atoms with E-state index < -0.39 is 0 Å². The maximum Gasteiger partial charge on any atom is 0.169 e. The lowest BCUT2D eigenvalue weighted by molar-refractivity contribution is 0.0822. The molecular weight excluding hydrogens is 292 g/mol. The molecule has 2 nitrogen and oxygen atoms in total. The Kier molecular flexibility index (Phi) is 4.10. The molecule has 0 heterocycles. The Morgan fingerprint density at radius 1 is 1.39 bits per heavy atom. The van der Waals surface area contributed by atoms with E-state index in [4.69, 9.17) is 4.74 Å². The lowest BCUT2D eigenvalue weighted by Gasteiger charge is -2.22. The minimum absolute atomic E-state index is 0.171. The molecule has 98 valence electrons. The summed E-state index contributed by atoms with van der Waals surface area (Å²) in [6.45, 7) is 4.68. The van der Waals surface area contributed by atoms with Gasteiger partial charge in [-0.15, -0.1) is 0 Å². The Hall–Kier alpha value is -0.830. The molecule has 0 atom stereocenters. The zero-order chi connectivity index (χ0) is 13.2. The number of hydrogen-bond acceptors (Lipinski definition) is 2. The van der Waals surface area contributed by atoms with Crippen LogP contribution in [0.4, 0.5) is 0 Å². The fraction of sp³-hybridized carbons (Fsp3) is 0.533. The zero-order valence-electron chi connectivity index (χ0n) is 11.0. The minimum atomic E-state index is -0.171. The molecule has 0 radical (unpaired) electrons. The normalized spacial score (nSPS) is 17.7. The van der Waals surface area contributed by atoms with Crippen LogP contribution in [-0.4, -0.2) is 12.4 Å². The van der Waals surface area contributed by atoms with Crippen LogP contribution in [0.15, 0.2) is 22.7 Å². The number of benzene rings is 1. The molecule has 1 fully saturated rings. The Bertz CT molecular complexity index is 448. The second-order valence-electron chi connectivity index (χ2n) is 5.17. The quantitative estimate of drug-likeness (QED) is 0.759. The Morgan fingerprint density at radius 3 is 2.61 bits per heavy atom. The van der Waals surface area contributed by atoms with Crippen molar-refractivity contribution in [2.45, 2.75) is 39.5 Å². The van der Waals surface area contributed by atoms with Gasteiger partial charge in [0.2, 0.25) is 0 Å². The molecule has 1 saturated carbocycles. The summed E-state index contributed by atoms with van der Waals surface area (Å²) in [5.74, 6) is 1.06. The number of carbonyl (C=O) groups excluding carboxylic acids is 1. The van der Waals surface area contributed by atoms with Gasteiger partial charge in [-0.25, -0.2) is 0 Å². The van der Waals surface area contributed by atoms with Crippen LogP contribution in [0.25, 0.3) is 0 Å². The summed E-state index contributed by atoms with van der Waals surface area (Å²) in [4.78, 5) is 12.6. The summed E-state index contributed by atoms with van der Waals surface area (Å²) in [5, 5.41) is 0. The molecule has 0 spiro atoms. The molecule has 1 aliphatic carbocycles. The van der Waals surface area contributed by atoms with E-state index in [0.717, 1.165) is 41.5 Å². The van der Waals surface area contributed by atoms with Crippen LogP contribution in [0.1, 0.15) is 49.9 Å². The summed E-state index contributed by atoms with van der Waals surface area (Å²) < 4.78 is 6.27. The first-order valence-electron chi connectivity index (χ1n) is 6.54. The first-order valence-corrected chi connectivity index (χ1v) is 7.33. The zero-order valence-corrected chi connectivity index (χ0v) is 12.5. The summed E-state index contributed by atoms with van der Waals surface area (Å²) in [6, 6.07) is 5.63. The van der Waals surface area contributed by atoms with Crippen LogP contribution >= 0.6 is 15.9 Å². The van der Waals surface area contributed by atoms with Gasteiger partial charge in [0.25, 0.3) is 0 Å². The summed E-state index contributed by atoms with van der Waals surface area (Å²) in [6.07, 6.45) is 4.34.